The summed E-state index contributed by atoms with van der Waals surface area (Å²) in [5.74, 6) is -1.53. The molecule has 0 saturated carbocycles. The van der Waals surface area contributed by atoms with Crippen molar-refractivity contribution in [3.8, 4) is 0 Å². The van der Waals surface area contributed by atoms with E-state index in [1.165, 1.54) is 0 Å². The van der Waals surface area contributed by atoms with E-state index in [1.807, 2.05) is 0 Å². The Labute approximate surface area is 93.6 Å². The van der Waals surface area contributed by atoms with Gasteiger partial charge in [0.1, 0.15) is 5.60 Å². The number of hydrogen-bond acceptors (Lipinski definition) is 4. The second-order valence-electron chi connectivity index (χ2n) is 4.08. The van der Waals surface area contributed by atoms with E-state index in [0.717, 1.165) is 6.42 Å². The highest BCUT2D eigenvalue weighted by Crippen LogP contribution is 2.24. The first-order valence-corrected chi connectivity index (χ1v) is 5.29. The summed E-state index contributed by atoms with van der Waals surface area (Å²) >= 11 is 0. The van der Waals surface area contributed by atoms with Crippen LogP contribution in [0.4, 0.5) is 0 Å². The lowest BCUT2D eigenvalue weighted by atomic mass is 10.0. The highest BCUT2D eigenvalue weighted by atomic mass is 16.5. The number of nitrogens with one attached hydrogen (secondary N) is 1. The molecule has 92 valence electrons. The van der Waals surface area contributed by atoms with Crippen LogP contribution in [0.2, 0.25) is 0 Å². The van der Waals surface area contributed by atoms with Crippen molar-refractivity contribution in [2.75, 3.05) is 13.2 Å². The fraction of sp³-hybridized carbons (Fsp3) is 0.800. The maximum atomic E-state index is 11.7. The van der Waals surface area contributed by atoms with Gasteiger partial charge in [-0.25, -0.2) is 4.79 Å². The summed E-state index contributed by atoms with van der Waals surface area (Å²) in [5, 5.41) is 20.0. The molecule has 0 aromatic carbocycles. The number of carboxylic acids is 1. The molecular formula is C10H17NO5. The number of ether oxygens (including phenoxy) is 1. The molecule has 1 heterocycles. The first kappa shape index (κ1) is 12.9. The van der Waals surface area contributed by atoms with Crippen molar-refractivity contribution in [1.82, 2.24) is 5.32 Å². The van der Waals surface area contributed by atoms with E-state index < -0.39 is 17.7 Å². The van der Waals surface area contributed by atoms with Crippen LogP contribution in [0.1, 0.15) is 26.2 Å². The minimum atomic E-state index is -1.43. The van der Waals surface area contributed by atoms with Gasteiger partial charge in [-0.2, -0.15) is 0 Å². The molecule has 0 radical (unpaired) electrons. The highest BCUT2D eigenvalue weighted by molar-refractivity contribution is 5.85. The number of carboxylic acid groups (broad SMARTS) is 1. The predicted molar refractivity (Wildman–Crippen MR) is 54.9 cm³/mol. The fourth-order valence-electron chi connectivity index (χ4n) is 1.59. The molecule has 1 fully saturated rings. The zero-order valence-corrected chi connectivity index (χ0v) is 9.23. The normalized spacial score (nSPS) is 26.4. The van der Waals surface area contributed by atoms with Gasteiger partial charge in [-0.1, -0.05) is 0 Å². The number of hydrogen-bond donors (Lipinski definition) is 3. The van der Waals surface area contributed by atoms with Crippen LogP contribution in [0.25, 0.3) is 0 Å². The molecule has 1 amide bonds. The molecule has 6 heteroatoms. The Balaban J connectivity index is 2.27. The number of rotatable bonds is 5. The van der Waals surface area contributed by atoms with Gasteiger partial charge >= 0.3 is 5.97 Å². The van der Waals surface area contributed by atoms with E-state index in [0.29, 0.717) is 13.0 Å². The summed E-state index contributed by atoms with van der Waals surface area (Å²) in [6.45, 7) is 2.41. The van der Waals surface area contributed by atoms with Crippen LogP contribution in [-0.4, -0.2) is 46.9 Å². The van der Waals surface area contributed by atoms with Crippen LogP contribution in [0.5, 0.6) is 0 Å². The molecule has 6 nitrogen and oxygen atoms in total. The van der Waals surface area contributed by atoms with E-state index in [-0.39, 0.29) is 18.9 Å². The van der Waals surface area contributed by atoms with Crippen molar-refractivity contribution >= 4 is 11.9 Å². The maximum absolute atomic E-state index is 11.7. The first-order chi connectivity index (χ1) is 7.46. The Kier molecular flexibility index (Phi) is 4.26. The Morgan fingerprint density at radius 1 is 1.56 bits per heavy atom. The van der Waals surface area contributed by atoms with Crippen molar-refractivity contribution in [2.45, 2.75) is 37.9 Å². The first-order valence-electron chi connectivity index (χ1n) is 5.29. The SMILES string of the molecule is CC1(C(=O)NCCC(O)C(=O)O)CCCO1. The van der Waals surface area contributed by atoms with E-state index in [9.17, 15) is 9.59 Å². The number of carbonyl (C=O) groups is 2. The van der Waals surface area contributed by atoms with E-state index in [4.69, 9.17) is 14.9 Å². The molecule has 1 aliphatic rings. The lowest BCUT2D eigenvalue weighted by molar-refractivity contribution is -0.147. The van der Waals surface area contributed by atoms with Crippen molar-refractivity contribution in [2.24, 2.45) is 0 Å². The molecule has 0 aromatic heterocycles. The summed E-state index contributed by atoms with van der Waals surface area (Å²) in [5.41, 5.74) is -0.797. The van der Waals surface area contributed by atoms with Gasteiger partial charge in [0, 0.05) is 19.6 Å². The van der Waals surface area contributed by atoms with Crippen LogP contribution in [-0.2, 0) is 14.3 Å². The summed E-state index contributed by atoms with van der Waals surface area (Å²) < 4.78 is 5.32. The minimum absolute atomic E-state index is 0.00282. The molecule has 0 aliphatic carbocycles. The van der Waals surface area contributed by atoms with Gasteiger partial charge < -0.3 is 20.3 Å². The van der Waals surface area contributed by atoms with Gasteiger partial charge in [0.25, 0.3) is 5.91 Å². The molecule has 0 aromatic rings. The monoisotopic (exact) mass is 231 g/mol. The fourth-order valence-corrected chi connectivity index (χ4v) is 1.59. The standard InChI is InChI=1S/C10H17NO5/c1-10(4-2-6-16-10)9(15)11-5-3-7(12)8(13)14/h7,12H,2-6H2,1H3,(H,11,15)(H,13,14). The minimum Gasteiger partial charge on any atom is -0.479 e. The second kappa shape index (κ2) is 5.27. The van der Waals surface area contributed by atoms with Crippen LogP contribution >= 0.6 is 0 Å². The third kappa shape index (κ3) is 3.18. The van der Waals surface area contributed by atoms with Gasteiger partial charge in [-0.3, -0.25) is 4.79 Å². The Hall–Kier alpha value is -1.14. The predicted octanol–water partition coefficient (Wildman–Crippen LogP) is -0.493. The topological polar surface area (TPSA) is 95.9 Å². The van der Waals surface area contributed by atoms with E-state index >= 15 is 0 Å². The van der Waals surface area contributed by atoms with Gasteiger partial charge in [-0.15, -0.1) is 0 Å². The Morgan fingerprint density at radius 3 is 2.75 bits per heavy atom. The molecule has 2 atom stereocenters. The van der Waals surface area contributed by atoms with Crippen molar-refractivity contribution < 1.29 is 24.5 Å². The van der Waals surface area contributed by atoms with Crippen LogP contribution in [0.3, 0.4) is 0 Å². The van der Waals surface area contributed by atoms with Gasteiger partial charge in [0.05, 0.1) is 0 Å². The Bertz CT molecular complexity index is 272. The summed E-state index contributed by atoms with van der Waals surface area (Å²) in [6, 6.07) is 0. The number of aliphatic hydroxyl groups is 1. The summed E-state index contributed by atoms with van der Waals surface area (Å²) in [6.07, 6.45) is 0.0803. The Morgan fingerprint density at radius 2 is 2.25 bits per heavy atom. The van der Waals surface area contributed by atoms with Crippen molar-refractivity contribution in [1.29, 1.82) is 0 Å². The molecule has 0 bridgehead atoms. The second-order valence-corrected chi connectivity index (χ2v) is 4.08. The number of aliphatic carboxylic acids is 1. The van der Waals surface area contributed by atoms with Crippen molar-refractivity contribution in [3.05, 3.63) is 0 Å². The van der Waals surface area contributed by atoms with Crippen LogP contribution in [0, 0.1) is 0 Å². The number of carbonyl (C=O) groups excluding carboxylic acids is 1. The largest absolute Gasteiger partial charge is 0.479 e. The van der Waals surface area contributed by atoms with E-state index in [2.05, 4.69) is 5.32 Å². The van der Waals surface area contributed by atoms with E-state index in [1.54, 1.807) is 6.92 Å². The molecule has 2 unspecified atom stereocenters. The maximum Gasteiger partial charge on any atom is 0.332 e. The molecule has 1 saturated heterocycles. The molecule has 0 spiro atoms. The highest BCUT2D eigenvalue weighted by Gasteiger charge is 2.37. The number of amides is 1. The quantitative estimate of drug-likeness (QED) is 0.593. The van der Waals surface area contributed by atoms with Crippen molar-refractivity contribution in [3.63, 3.8) is 0 Å². The third-order valence-corrected chi connectivity index (χ3v) is 2.69. The molecule has 1 rings (SSSR count). The van der Waals surface area contributed by atoms with Gasteiger partial charge in [-0.05, 0) is 19.8 Å². The van der Waals surface area contributed by atoms with Crippen LogP contribution in [0.15, 0.2) is 0 Å². The molecule has 16 heavy (non-hydrogen) atoms. The zero-order chi connectivity index (χ0) is 12.2. The third-order valence-electron chi connectivity index (χ3n) is 2.69. The summed E-state index contributed by atoms with van der Waals surface area (Å²) in [7, 11) is 0. The average Bonchev–Trinajstić information content (AvgIpc) is 2.66. The van der Waals surface area contributed by atoms with Crippen LogP contribution < -0.4 is 5.32 Å². The van der Waals surface area contributed by atoms with Gasteiger partial charge in [0.15, 0.2) is 6.10 Å². The molecular weight excluding hydrogens is 214 g/mol. The lowest BCUT2D eigenvalue weighted by Gasteiger charge is -2.22. The molecule has 3 N–H and O–H groups in total. The average molecular weight is 231 g/mol. The number of aliphatic hydroxyl groups excluding tert-OH is 1. The molecule has 1 aliphatic heterocycles. The smallest absolute Gasteiger partial charge is 0.332 e. The van der Waals surface area contributed by atoms with Gasteiger partial charge in [0.2, 0.25) is 0 Å². The summed E-state index contributed by atoms with van der Waals surface area (Å²) in [4.78, 5) is 22.0. The zero-order valence-electron chi connectivity index (χ0n) is 9.23. The lowest BCUT2D eigenvalue weighted by Crippen LogP contribution is -2.45.